The smallest absolute Gasteiger partial charge is 0.339 e. The average molecular weight is 351 g/mol. The van der Waals surface area contributed by atoms with Crippen molar-refractivity contribution in [3.8, 4) is 11.8 Å². The van der Waals surface area contributed by atoms with E-state index < -0.39 is 5.97 Å². The molecule has 1 atom stereocenters. The summed E-state index contributed by atoms with van der Waals surface area (Å²) in [5, 5.41) is 18.4. The van der Waals surface area contributed by atoms with Crippen LogP contribution >= 0.6 is 0 Å². The summed E-state index contributed by atoms with van der Waals surface area (Å²) in [7, 11) is 0. The number of carboxylic acids is 1. The molecule has 26 heavy (non-hydrogen) atoms. The van der Waals surface area contributed by atoms with Gasteiger partial charge in [-0.3, -0.25) is 0 Å². The van der Waals surface area contributed by atoms with Crippen molar-refractivity contribution in [3.63, 3.8) is 0 Å². The highest BCUT2D eigenvalue weighted by molar-refractivity contribution is 5.90. The summed E-state index contributed by atoms with van der Waals surface area (Å²) in [5.41, 5.74) is 1.30. The van der Waals surface area contributed by atoms with Crippen molar-refractivity contribution in [1.82, 2.24) is 0 Å². The van der Waals surface area contributed by atoms with Crippen LogP contribution in [0.5, 0.6) is 5.75 Å². The maximum atomic E-state index is 11.1. The second-order valence-corrected chi connectivity index (χ2v) is 6.30. The van der Waals surface area contributed by atoms with Crippen LogP contribution < -0.4 is 4.74 Å². The fourth-order valence-electron chi connectivity index (χ4n) is 2.92. The number of hydrogen-bond acceptors (Lipinski definition) is 3. The maximum absolute atomic E-state index is 11.1. The minimum atomic E-state index is -0.967. The first-order valence-electron chi connectivity index (χ1n) is 9.12. The lowest BCUT2D eigenvalue weighted by Crippen LogP contribution is -2.04. The van der Waals surface area contributed by atoms with E-state index in [1.807, 2.05) is 30.3 Å². The topological polar surface area (TPSA) is 70.3 Å². The fourth-order valence-corrected chi connectivity index (χ4v) is 2.92. The Morgan fingerprint density at radius 2 is 1.62 bits per heavy atom. The van der Waals surface area contributed by atoms with E-state index in [9.17, 15) is 10.1 Å². The van der Waals surface area contributed by atoms with Gasteiger partial charge in [0.05, 0.1) is 18.6 Å². The second kappa shape index (κ2) is 10.9. The minimum Gasteiger partial charge on any atom is -0.493 e. The van der Waals surface area contributed by atoms with Crippen LogP contribution in [0.1, 0.15) is 60.4 Å². The normalized spacial score (nSPS) is 11.5. The number of ether oxygens (including phenoxy) is 1. The van der Waals surface area contributed by atoms with Crippen LogP contribution in [0.15, 0.2) is 54.6 Å². The summed E-state index contributed by atoms with van der Waals surface area (Å²) in [6, 6.07) is 19.1. The molecule has 4 heteroatoms. The zero-order valence-electron chi connectivity index (χ0n) is 14.9. The number of nitrogens with zero attached hydrogens (tertiary/aromatic N) is 1. The molecule has 0 amide bonds. The number of rotatable bonds is 11. The molecule has 0 aliphatic carbocycles. The van der Waals surface area contributed by atoms with Crippen LogP contribution in [0, 0.1) is 11.3 Å². The summed E-state index contributed by atoms with van der Waals surface area (Å²) in [6.07, 6.45) is 6.05. The van der Waals surface area contributed by atoms with E-state index in [4.69, 9.17) is 9.84 Å². The fraction of sp³-hybridized carbons (Fsp3) is 0.364. The molecular weight excluding hydrogens is 326 g/mol. The molecule has 2 rings (SSSR count). The molecule has 0 aliphatic rings. The number of carbonyl (C=O) groups is 1. The van der Waals surface area contributed by atoms with Crippen molar-refractivity contribution < 1.29 is 14.6 Å². The van der Waals surface area contributed by atoms with Crippen molar-refractivity contribution in [2.75, 3.05) is 6.61 Å². The zero-order chi connectivity index (χ0) is 18.6. The number of carboxylic acid groups (broad SMARTS) is 1. The van der Waals surface area contributed by atoms with Crippen LogP contribution in [0.3, 0.4) is 0 Å². The number of para-hydroxylation sites is 1. The van der Waals surface area contributed by atoms with E-state index in [-0.39, 0.29) is 11.5 Å². The summed E-state index contributed by atoms with van der Waals surface area (Å²) in [6.45, 7) is 0.523. The van der Waals surface area contributed by atoms with Gasteiger partial charge in [-0.05, 0) is 30.5 Å². The van der Waals surface area contributed by atoms with Crippen molar-refractivity contribution >= 4 is 5.97 Å². The van der Waals surface area contributed by atoms with Gasteiger partial charge in [-0.1, -0.05) is 68.1 Å². The molecule has 0 heterocycles. The van der Waals surface area contributed by atoms with Gasteiger partial charge in [0.25, 0.3) is 0 Å². The summed E-state index contributed by atoms with van der Waals surface area (Å²) in [5.74, 6) is -0.558. The third kappa shape index (κ3) is 6.25. The highest BCUT2D eigenvalue weighted by Crippen LogP contribution is 2.22. The van der Waals surface area contributed by atoms with Gasteiger partial charge in [-0.25, -0.2) is 4.79 Å². The molecule has 0 bridgehead atoms. The third-order valence-corrected chi connectivity index (χ3v) is 4.37. The van der Waals surface area contributed by atoms with Gasteiger partial charge in [0.1, 0.15) is 11.3 Å². The van der Waals surface area contributed by atoms with Crippen LogP contribution in [-0.4, -0.2) is 17.7 Å². The van der Waals surface area contributed by atoms with E-state index >= 15 is 0 Å². The largest absolute Gasteiger partial charge is 0.493 e. The molecule has 1 unspecified atom stereocenters. The molecule has 136 valence electrons. The van der Waals surface area contributed by atoms with Gasteiger partial charge in [0, 0.05) is 0 Å². The molecule has 0 aromatic heterocycles. The Morgan fingerprint density at radius 1 is 0.962 bits per heavy atom. The third-order valence-electron chi connectivity index (χ3n) is 4.37. The maximum Gasteiger partial charge on any atom is 0.339 e. The first-order valence-corrected chi connectivity index (χ1v) is 9.12. The number of hydrogen-bond donors (Lipinski definition) is 1. The van der Waals surface area contributed by atoms with E-state index in [2.05, 4.69) is 6.07 Å². The van der Waals surface area contributed by atoms with Gasteiger partial charge in [0.15, 0.2) is 0 Å². The molecule has 0 aliphatic heterocycles. The second-order valence-electron chi connectivity index (χ2n) is 6.30. The van der Waals surface area contributed by atoms with Crippen LogP contribution in [-0.2, 0) is 0 Å². The first-order chi connectivity index (χ1) is 12.7. The number of benzene rings is 2. The van der Waals surface area contributed by atoms with Gasteiger partial charge in [0.2, 0.25) is 0 Å². The van der Waals surface area contributed by atoms with Gasteiger partial charge >= 0.3 is 5.97 Å². The highest BCUT2D eigenvalue weighted by Gasteiger charge is 2.10. The van der Waals surface area contributed by atoms with Crippen molar-refractivity contribution in [3.05, 3.63) is 65.7 Å². The average Bonchev–Trinajstić information content (AvgIpc) is 2.67. The Kier molecular flexibility index (Phi) is 8.21. The summed E-state index contributed by atoms with van der Waals surface area (Å²) >= 11 is 0. The molecule has 1 N–H and O–H groups in total. The van der Waals surface area contributed by atoms with Gasteiger partial charge < -0.3 is 9.84 Å². The first kappa shape index (κ1) is 19.5. The molecular formula is C22H25NO3. The van der Waals surface area contributed by atoms with Crippen LogP contribution in [0.2, 0.25) is 0 Å². The predicted octanol–water partition coefficient (Wildman–Crippen LogP) is 5.41. The molecule has 0 saturated heterocycles. The molecule has 0 spiro atoms. The van der Waals surface area contributed by atoms with Crippen LogP contribution in [0.4, 0.5) is 0 Å². The molecule has 0 fully saturated rings. The predicted molar refractivity (Wildman–Crippen MR) is 101 cm³/mol. The lowest BCUT2D eigenvalue weighted by atomic mass is 9.94. The molecule has 0 radical (unpaired) electrons. The van der Waals surface area contributed by atoms with E-state index in [1.165, 1.54) is 0 Å². The van der Waals surface area contributed by atoms with Crippen LogP contribution in [0.25, 0.3) is 0 Å². The lowest BCUT2D eigenvalue weighted by Gasteiger charge is -2.10. The number of aromatic carboxylic acids is 1. The number of nitriles is 1. The van der Waals surface area contributed by atoms with E-state index in [1.54, 1.807) is 24.3 Å². The van der Waals surface area contributed by atoms with E-state index in [0.717, 1.165) is 44.1 Å². The van der Waals surface area contributed by atoms with Crippen molar-refractivity contribution in [2.24, 2.45) is 0 Å². The Bertz CT molecular complexity index is 722. The molecule has 2 aromatic carbocycles. The quantitative estimate of drug-likeness (QED) is 0.549. The highest BCUT2D eigenvalue weighted by atomic mass is 16.5. The minimum absolute atomic E-state index is 0.0212. The number of unbranched alkanes of at least 4 members (excludes halogenated alkanes) is 4. The molecule has 2 aromatic rings. The Balaban J connectivity index is 1.59. The van der Waals surface area contributed by atoms with Crippen molar-refractivity contribution in [2.45, 2.75) is 44.4 Å². The Morgan fingerprint density at radius 3 is 2.35 bits per heavy atom. The molecule has 0 saturated carbocycles. The Hall–Kier alpha value is -2.80. The van der Waals surface area contributed by atoms with Crippen molar-refractivity contribution in [1.29, 1.82) is 5.26 Å². The summed E-state index contributed by atoms with van der Waals surface area (Å²) < 4.78 is 5.59. The zero-order valence-corrected chi connectivity index (χ0v) is 14.9. The van der Waals surface area contributed by atoms with E-state index in [0.29, 0.717) is 12.4 Å². The summed E-state index contributed by atoms with van der Waals surface area (Å²) in [4.78, 5) is 11.1. The SMILES string of the molecule is N#CC(CCCCCCCOc1ccccc1C(=O)O)c1ccccc1. The Labute approximate surface area is 155 Å². The molecule has 4 nitrogen and oxygen atoms in total. The standard InChI is InChI=1S/C22H25NO3/c23-17-19(18-11-6-4-7-12-18)13-5-2-1-3-10-16-26-21-15-9-8-14-20(21)22(24)25/h4,6-9,11-12,14-15,19H,1-3,5,10,13,16H2,(H,24,25). The van der Waals surface area contributed by atoms with Gasteiger partial charge in [-0.2, -0.15) is 5.26 Å². The lowest BCUT2D eigenvalue weighted by molar-refractivity contribution is 0.0692. The van der Waals surface area contributed by atoms with Gasteiger partial charge in [-0.15, -0.1) is 0 Å². The monoisotopic (exact) mass is 351 g/mol.